The standard InChI is InChI=1S/C16H22N4O4S/c1-11(2)16-19-18-14(24-16)9-10-17-15(21)12-5-7-13(8-6-12)25(22,23)20(3)4/h5-8,11H,9-10H2,1-4H3,(H,17,21). The first-order valence-electron chi connectivity index (χ1n) is 7.85. The second kappa shape index (κ2) is 7.75. The number of carbonyl (C=O) groups is 1. The van der Waals surface area contributed by atoms with E-state index in [1.54, 1.807) is 0 Å². The summed E-state index contributed by atoms with van der Waals surface area (Å²) in [6.07, 6.45) is 0.429. The van der Waals surface area contributed by atoms with Gasteiger partial charge in [0.2, 0.25) is 21.8 Å². The maximum absolute atomic E-state index is 12.1. The van der Waals surface area contributed by atoms with Crippen LogP contribution in [0.5, 0.6) is 0 Å². The summed E-state index contributed by atoms with van der Waals surface area (Å²) in [5.41, 5.74) is 0.381. The number of benzene rings is 1. The van der Waals surface area contributed by atoms with Crippen molar-refractivity contribution in [1.29, 1.82) is 0 Å². The number of nitrogens with one attached hydrogen (secondary N) is 1. The monoisotopic (exact) mass is 366 g/mol. The number of hydrogen-bond acceptors (Lipinski definition) is 6. The molecule has 2 aromatic rings. The molecule has 0 fully saturated rings. The van der Waals surface area contributed by atoms with Crippen LogP contribution in [-0.4, -0.2) is 49.5 Å². The minimum absolute atomic E-state index is 0.140. The highest BCUT2D eigenvalue weighted by molar-refractivity contribution is 7.89. The predicted octanol–water partition coefficient (Wildman–Crippen LogP) is 1.42. The lowest BCUT2D eigenvalue weighted by atomic mass is 10.2. The smallest absolute Gasteiger partial charge is 0.251 e. The van der Waals surface area contributed by atoms with Gasteiger partial charge in [0.1, 0.15) is 0 Å². The molecule has 0 aliphatic rings. The van der Waals surface area contributed by atoms with E-state index in [0.29, 0.717) is 30.3 Å². The van der Waals surface area contributed by atoms with Crippen LogP contribution in [-0.2, 0) is 16.4 Å². The van der Waals surface area contributed by atoms with E-state index in [9.17, 15) is 13.2 Å². The van der Waals surface area contributed by atoms with Crippen LogP contribution >= 0.6 is 0 Å². The Kier molecular flexibility index (Phi) is 5.91. The van der Waals surface area contributed by atoms with Crippen LogP contribution in [0.4, 0.5) is 0 Å². The highest BCUT2D eigenvalue weighted by Gasteiger charge is 2.17. The molecular weight excluding hydrogens is 344 g/mol. The van der Waals surface area contributed by atoms with E-state index in [0.717, 1.165) is 4.31 Å². The van der Waals surface area contributed by atoms with Gasteiger partial charge >= 0.3 is 0 Å². The average Bonchev–Trinajstić information content (AvgIpc) is 3.04. The van der Waals surface area contributed by atoms with Crippen LogP contribution in [0.2, 0.25) is 0 Å². The molecule has 0 unspecified atom stereocenters. The number of amides is 1. The molecule has 1 heterocycles. The number of carbonyl (C=O) groups excluding carboxylic acids is 1. The van der Waals surface area contributed by atoms with Crippen LogP contribution in [0.1, 0.15) is 41.9 Å². The summed E-state index contributed by atoms with van der Waals surface area (Å²) in [7, 11) is -0.590. The van der Waals surface area contributed by atoms with Crippen molar-refractivity contribution in [2.45, 2.75) is 31.1 Å². The van der Waals surface area contributed by atoms with E-state index >= 15 is 0 Å². The van der Waals surface area contributed by atoms with Gasteiger partial charge in [-0.05, 0) is 24.3 Å². The Hall–Kier alpha value is -2.26. The fourth-order valence-corrected chi connectivity index (χ4v) is 2.88. The van der Waals surface area contributed by atoms with E-state index in [2.05, 4.69) is 15.5 Å². The molecule has 25 heavy (non-hydrogen) atoms. The van der Waals surface area contributed by atoms with E-state index in [4.69, 9.17) is 4.42 Å². The van der Waals surface area contributed by atoms with Crippen LogP contribution in [0.15, 0.2) is 33.6 Å². The summed E-state index contributed by atoms with van der Waals surface area (Å²) in [6, 6.07) is 5.79. The van der Waals surface area contributed by atoms with Crippen LogP contribution in [0, 0.1) is 0 Å². The van der Waals surface area contributed by atoms with Gasteiger partial charge in [-0.15, -0.1) is 10.2 Å². The van der Waals surface area contributed by atoms with Gasteiger partial charge in [-0.25, -0.2) is 12.7 Å². The summed E-state index contributed by atoms with van der Waals surface area (Å²) in [6.45, 7) is 4.26. The Morgan fingerprint density at radius 3 is 2.36 bits per heavy atom. The Morgan fingerprint density at radius 1 is 1.20 bits per heavy atom. The predicted molar refractivity (Wildman–Crippen MR) is 91.7 cm³/mol. The summed E-state index contributed by atoms with van der Waals surface area (Å²) >= 11 is 0. The van der Waals surface area contributed by atoms with Crippen molar-refractivity contribution in [3.8, 4) is 0 Å². The lowest BCUT2D eigenvalue weighted by Crippen LogP contribution is -2.26. The van der Waals surface area contributed by atoms with Crippen LogP contribution in [0.3, 0.4) is 0 Å². The molecule has 0 bridgehead atoms. The second-order valence-electron chi connectivity index (χ2n) is 6.01. The molecule has 0 saturated carbocycles. The molecule has 136 valence electrons. The zero-order valence-corrected chi connectivity index (χ0v) is 15.5. The van der Waals surface area contributed by atoms with Gasteiger partial charge in [0, 0.05) is 38.5 Å². The van der Waals surface area contributed by atoms with Crippen molar-refractivity contribution in [2.75, 3.05) is 20.6 Å². The van der Waals surface area contributed by atoms with E-state index < -0.39 is 10.0 Å². The topological polar surface area (TPSA) is 105 Å². The molecule has 1 aromatic heterocycles. The maximum atomic E-state index is 12.1. The van der Waals surface area contributed by atoms with Crippen LogP contribution in [0.25, 0.3) is 0 Å². The van der Waals surface area contributed by atoms with Gasteiger partial charge in [0.25, 0.3) is 5.91 Å². The second-order valence-corrected chi connectivity index (χ2v) is 8.16. The van der Waals surface area contributed by atoms with E-state index in [-0.39, 0.29) is 16.7 Å². The molecule has 1 aromatic carbocycles. The highest BCUT2D eigenvalue weighted by Crippen LogP contribution is 2.14. The molecule has 1 amide bonds. The van der Waals surface area contributed by atoms with Crippen LogP contribution < -0.4 is 5.32 Å². The van der Waals surface area contributed by atoms with Gasteiger partial charge in [0.05, 0.1) is 4.90 Å². The highest BCUT2D eigenvalue weighted by atomic mass is 32.2. The third kappa shape index (κ3) is 4.64. The lowest BCUT2D eigenvalue weighted by Gasteiger charge is -2.11. The van der Waals surface area contributed by atoms with Crippen molar-refractivity contribution < 1.29 is 17.6 Å². The minimum Gasteiger partial charge on any atom is -0.425 e. The SMILES string of the molecule is CC(C)c1nnc(CCNC(=O)c2ccc(S(=O)(=O)N(C)C)cc2)o1. The molecule has 9 heteroatoms. The first-order valence-corrected chi connectivity index (χ1v) is 9.29. The summed E-state index contributed by atoms with van der Waals surface area (Å²) < 4.78 is 30.6. The quantitative estimate of drug-likeness (QED) is 0.794. The minimum atomic E-state index is -3.50. The molecule has 0 aliphatic heterocycles. The van der Waals surface area contributed by atoms with Crippen molar-refractivity contribution in [3.05, 3.63) is 41.6 Å². The number of nitrogens with zero attached hydrogens (tertiary/aromatic N) is 3. The molecule has 0 atom stereocenters. The Balaban J connectivity index is 1.92. The van der Waals surface area contributed by atoms with Crippen molar-refractivity contribution in [3.63, 3.8) is 0 Å². The fourth-order valence-electron chi connectivity index (χ4n) is 1.98. The third-order valence-corrected chi connectivity index (χ3v) is 5.33. The largest absolute Gasteiger partial charge is 0.425 e. The first-order chi connectivity index (χ1) is 11.7. The summed E-state index contributed by atoms with van der Waals surface area (Å²) in [4.78, 5) is 12.2. The molecule has 0 radical (unpaired) electrons. The molecule has 0 spiro atoms. The number of rotatable bonds is 7. The Bertz CT molecular complexity index is 826. The summed E-state index contributed by atoms with van der Waals surface area (Å²) in [5.74, 6) is 0.903. The number of hydrogen-bond donors (Lipinski definition) is 1. The normalized spacial score (nSPS) is 11.9. The Morgan fingerprint density at radius 2 is 1.84 bits per heavy atom. The van der Waals surface area contributed by atoms with Gasteiger partial charge in [-0.3, -0.25) is 4.79 Å². The van der Waals surface area contributed by atoms with Gasteiger partial charge in [-0.1, -0.05) is 13.8 Å². The average molecular weight is 366 g/mol. The van der Waals surface area contributed by atoms with Crippen molar-refractivity contribution in [1.82, 2.24) is 19.8 Å². The zero-order valence-electron chi connectivity index (χ0n) is 14.7. The third-order valence-electron chi connectivity index (χ3n) is 3.50. The fraction of sp³-hybridized carbons (Fsp3) is 0.438. The van der Waals surface area contributed by atoms with Crippen molar-refractivity contribution in [2.24, 2.45) is 0 Å². The van der Waals surface area contributed by atoms with Gasteiger partial charge in [0.15, 0.2) is 0 Å². The maximum Gasteiger partial charge on any atom is 0.251 e. The van der Waals surface area contributed by atoms with Crippen molar-refractivity contribution >= 4 is 15.9 Å². The molecule has 1 N–H and O–H groups in total. The summed E-state index contributed by atoms with van der Waals surface area (Å²) in [5, 5.41) is 10.6. The molecule has 0 aliphatic carbocycles. The molecule has 8 nitrogen and oxygen atoms in total. The number of sulfonamides is 1. The zero-order chi connectivity index (χ0) is 18.6. The van der Waals surface area contributed by atoms with E-state index in [1.165, 1.54) is 38.4 Å². The molecule has 0 saturated heterocycles. The lowest BCUT2D eigenvalue weighted by molar-refractivity contribution is 0.0953. The molecule has 2 rings (SSSR count). The Labute approximate surface area is 147 Å². The van der Waals surface area contributed by atoms with Gasteiger partial charge < -0.3 is 9.73 Å². The molecular formula is C16H22N4O4S. The van der Waals surface area contributed by atoms with E-state index in [1.807, 2.05) is 13.8 Å². The van der Waals surface area contributed by atoms with Gasteiger partial charge in [-0.2, -0.15) is 0 Å². The number of aromatic nitrogens is 2. The first kappa shape index (κ1) is 19.1.